The number of nitrogens with zero attached hydrogens (tertiary/aromatic N) is 1. The Bertz CT molecular complexity index is 1500. The van der Waals surface area contributed by atoms with Crippen LogP contribution in [0.1, 0.15) is 10.6 Å². The molecule has 1 N–H and O–H groups in total. The smallest absolute Gasteiger partial charge is 0.291 e. The van der Waals surface area contributed by atoms with Gasteiger partial charge in [0.05, 0.1) is 20.9 Å². The number of carbonyl (C=O) groups is 1. The maximum Gasteiger partial charge on any atom is 0.291 e. The fourth-order valence-corrected chi connectivity index (χ4v) is 6.14. The van der Waals surface area contributed by atoms with Crippen molar-refractivity contribution in [2.75, 3.05) is 5.32 Å². The Kier molecular flexibility index (Phi) is 6.33. The highest BCUT2D eigenvalue weighted by Crippen LogP contribution is 2.41. The van der Waals surface area contributed by atoms with Gasteiger partial charge in [-0.2, -0.15) is 0 Å². The number of para-hydroxylation sites is 1. The lowest BCUT2D eigenvalue weighted by Gasteiger charge is -2.12. The number of nitrogens with one attached hydrogen (secondary N) is 1. The molecule has 1 amide bonds. The van der Waals surface area contributed by atoms with Crippen LogP contribution in [0.15, 0.2) is 80.1 Å². The van der Waals surface area contributed by atoms with Crippen molar-refractivity contribution in [3.05, 3.63) is 91.5 Å². The van der Waals surface area contributed by atoms with Gasteiger partial charge in [-0.25, -0.2) is 4.98 Å². The Morgan fingerprint density at radius 1 is 0.970 bits per heavy atom. The molecule has 0 aliphatic rings. The molecule has 5 rings (SSSR count). The fourth-order valence-electron chi connectivity index (χ4n) is 3.33. The van der Waals surface area contributed by atoms with E-state index in [1.165, 1.54) is 0 Å². The van der Waals surface area contributed by atoms with Crippen LogP contribution in [-0.2, 0) is 0 Å². The van der Waals surface area contributed by atoms with E-state index in [9.17, 15) is 4.79 Å². The molecule has 0 saturated heterocycles. The van der Waals surface area contributed by atoms with Crippen molar-refractivity contribution in [2.24, 2.45) is 0 Å². The van der Waals surface area contributed by atoms with Crippen molar-refractivity contribution in [3.8, 4) is 21.9 Å². The molecule has 0 bridgehead atoms. The first-order valence-electron chi connectivity index (χ1n) is 9.60. The average molecular weight is 623 g/mol. The Morgan fingerprint density at radius 3 is 2.58 bits per heavy atom. The lowest BCUT2D eigenvalue weighted by Crippen LogP contribution is -2.12. The largest absolute Gasteiger partial charge is 0.451 e. The Balaban J connectivity index is 1.50. The van der Waals surface area contributed by atoms with Crippen LogP contribution in [0, 0.1) is 0 Å². The molecule has 0 fully saturated rings. The molecule has 164 valence electrons. The van der Waals surface area contributed by atoms with Crippen molar-refractivity contribution >= 4 is 88.2 Å². The van der Waals surface area contributed by atoms with Crippen molar-refractivity contribution in [1.29, 1.82) is 0 Å². The minimum atomic E-state index is -0.392. The minimum Gasteiger partial charge on any atom is -0.451 e. The van der Waals surface area contributed by atoms with Gasteiger partial charge in [-0.1, -0.05) is 51.3 Å². The average Bonchev–Trinajstić information content (AvgIpc) is 3.42. The van der Waals surface area contributed by atoms with Crippen molar-refractivity contribution in [1.82, 2.24) is 4.98 Å². The monoisotopic (exact) mass is 620 g/mol. The zero-order valence-corrected chi connectivity index (χ0v) is 22.0. The number of aromatic nitrogens is 1. The first-order valence-corrected chi connectivity index (χ1v) is 12.8. The zero-order chi connectivity index (χ0) is 23.1. The third-order valence-electron chi connectivity index (χ3n) is 4.84. The lowest BCUT2D eigenvalue weighted by molar-refractivity contribution is 0.0997. The van der Waals surface area contributed by atoms with E-state index in [-0.39, 0.29) is 5.76 Å². The molecule has 0 aliphatic carbocycles. The van der Waals surface area contributed by atoms with Gasteiger partial charge >= 0.3 is 0 Å². The van der Waals surface area contributed by atoms with Gasteiger partial charge in [-0.3, -0.25) is 4.79 Å². The summed E-state index contributed by atoms with van der Waals surface area (Å²) in [5, 5.41) is 4.73. The van der Waals surface area contributed by atoms with E-state index in [1.807, 2.05) is 36.4 Å². The van der Waals surface area contributed by atoms with Crippen LogP contribution in [0.2, 0.25) is 10.0 Å². The Hall–Kier alpha value is -2.16. The predicted octanol–water partition coefficient (Wildman–Crippen LogP) is 9.31. The molecule has 5 aromatic rings. The van der Waals surface area contributed by atoms with E-state index in [0.29, 0.717) is 31.5 Å². The number of furan rings is 1. The van der Waals surface area contributed by atoms with Gasteiger partial charge in [-0.05, 0) is 70.5 Å². The molecule has 0 spiro atoms. The summed E-state index contributed by atoms with van der Waals surface area (Å²) in [4.78, 5) is 17.8. The van der Waals surface area contributed by atoms with Crippen molar-refractivity contribution in [2.45, 2.75) is 0 Å². The van der Waals surface area contributed by atoms with Crippen LogP contribution in [0.4, 0.5) is 5.69 Å². The highest BCUT2D eigenvalue weighted by atomic mass is 79.9. The molecule has 0 unspecified atom stereocenters. The van der Waals surface area contributed by atoms with Gasteiger partial charge in [0, 0.05) is 25.1 Å². The van der Waals surface area contributed by atoms with Gasteiger partial charge in [-0.15, -0.1) is 11.3 Å². The summed E-state index contributed by atoms with van der Waals surface area (Å²) in [7, 11) is 0. The standard InChI is InChI=1S/C24H12Br2Cl2N2O2S/c25-12-9-15(24-29-18-3-1-2-4-21(18)33-24)22(16(26)10-12)30-23(31)20-8-7-19(32-20)14-6-5-13(27)11-17(14)28/h1-11H,(H,30,31). The van der Waals surface area contributed by atoms with E-state index < -0.39 is 5.91 Å². The van der Waals surface area contributed by atoms with Gasteiger partial charge in [0.2, 0.25) is 0 Å². The van der Waals surface area contributed by atoms with E-state index in [1.54, 1.807) is 41.7 Å². The van der Waals surface area contributed by atoms with Crippen LogP contribution in [0.25, 0.3) is 32.1 Å². The molecular weight excluding hydrogens is 611 g/mol. The van der Waals surface area contributed by atoms with Gasteiger partial charge < -0.3 is 9.73 Å². The third kappa shape index (κ3) is 4.61. The topological polar surface area (TPSA) is 55.1 Å². The summed E-state index contributed by atoms with van der Waals surface area (Å²) in [6.07, 6.45) is 0. The second-order valence-corrected chi connectivity index (χ2v) is 10.7. The number of hydrogen-bond donors (Lipinski definition) is 1. The quantitative estimate of drug-likeness (QED) is 0.217. The number of anilines is 1. The second kappa shape index (κ2) is 9.24. The molecule has 3 aromatic carbocycles. The van der Waals surface area contributed by atoms with E-state index in [2.05, 4.69) is 37.2 Å². The van der Waals surface area contributed by atoms with Crippen LogP contribution in [0.5, 0.6) is 0 Å². The zero-order valence-electron chi connectivity index (χ0n) is 16.5. The summed E-state index contributed by atoms with van der Waals surface area (Å²) in [6, 6.07) is 20.1. The number of amides is 1. The number of carbonyl (C=O) groups excluding carboxylic acids is 1. The number of fused-ring (bicyclic) bond motifs is 1. The number of benzene rings is 3. The van der Waals surface area contributed by atoms with Crippen molar-refractivity contribution < 1.29 is 9.21 Å². The summed E-state index contributed by atoms with van der Waals surface area (Å²) >= 11 is 20.9. The first-order chi connectivity index (χ1) is 15.9. The molecule has 33 heavy (non-hydrogen) atoms. The maximum atomic E-state index is 13.1. The molecule has 0 saturated carbocycles. The third-order valence-corrected chi connectivity index (χ3v) is 7.54. The molecule has 0 atom stereocenters. The van der Waals surface area contributed by atoms with Gasteiger partial charge in [0.1, 0.15) is 10.8 Å². The van der Waals surface area contributed by atoms with Gasteiger partial charge in [0.15, 0.2) is 5.76 Å². The van der Waals surface area contributed by atoms with Crippen LogP contribution in [0.3, 0.4) is 0 Å². The summed E-state index contributed by atoms with van der Waals surface area (Å²) in [5.41, 5.74) is 2.95. The van der Waals surface area contributed by atoms with Gasteiger partial charge in [0.25, 0.3) is 5.91 Å². The normalized spacial score (nSPS) is 11.2. The fraction of sp³-hybridized carbons (Fsp3) is 0. The molecule has 2 aromatic heterocycles. The molecule has 0 aliphatic heterocycles. The highest BCUT2D eigenvalue weighted by Gasteiger charge is 2.20. The van der Waals surface area contributed by atoms with E-state index in [4.69, 9.17) is 32.6 Å². The molecule has 2 heterocycles. The number of thiazole rings is 1. The van der Waals surface area contributed by atoms with E-state index in [0.717, 1.165) is 25.3 Å². The molecule has 9 heteroatoms. The van der Waals surface area contributed by atoms with Crippen molar-refractivity contribution in [3.63, 3.8) is 0 Å². The second-order valence-electron chi connectivity index (χ2n) is 7.04. The highest BCUT2D eigenvalue weighted by molar-refractivity contribution is 9.11. The number of hydrogen-bond acceptors (Lipinski definition) is 4. The van der Waals surface area contributed by atoms with E-state index >= 15 is 0 Å². The summed E-state index contributed by atoms with van der Waals surface area (Å²) in [5.74, 6) is 0.237. The summed E-state index contributed by atoms with van der Waals surface area (Å²) < 4.78 is 8.45. The molecule has 0 radical (unpaired) electrons. The first kappa shape index (κ1) is 22.6. The Morgan fingerprint density at radius 2 is 1.79 bits per heavy atom. The van der Waals surface area contributed by atoms with Crippen LogP contribution < -0.4 is 5.32 Å². The maximum absolute atomic E-state index is 13.1. The molecular formula is C24H12Br2Cl2N2O2S. The number of rotatable bonds is 4. The van der Waals surface area contributed by atoms with Crippen LogP contribution in [-0.4, -0.2) is 10.9 Å². The summed E-state index contributed by atoms with van der Waals surface area (Å²) in [6.45, 7) is 0. The molecule has 4 nitrogen and oxygen atoms in total. The van der Waals surface area contributed by atoms with Crippen LogP contribution >= 0.6 is 66.4 Å². The SMILES string of the molecule is O=C(Nc1c(Br)cc(Br)cc1-c1nc2ccccc2s1)c1ccc(-c2ccc(Cl)cc2Cl)o1. The lowest BCUT2D eigenvalue weighted by atomic mass is 10.1. The Labute approximate surface area is 219 Å². The number of halogens is 4. The predicted molar refractivity (Wildman–Crippen MR) is 143 cm³/mol. The minimum absolute atomic E-state index is 0.154.